The molecule has 20 heteroatoms. The SMILES string of the molecule is COCCOCCc1sc(-c2cc(C3=C(c4cc(-c5cc(C)c(CCOCCOC)s5)sc4-c4cc(C)c(CCOCCOC)s4)C(F)(F)C(F)(F)C3(F)F)c(-c3cc(C)c(CCOCCOC)s3)s2)cc1C. The number of hydrogen-bond acceptors (Lipinski definition) is 14. The van der Waals surface area contributed by atoms with Gasteiger partial charge in [0.1, 0.15) is 0 Å². The highest BCUT2D eigenvalue weighted by molar-refractivity contribution is 7.27. The summed E-state index contributed by atoms with van der Waals surface area (Å²) in [7, 11) is 6.34. The van der Waals surface area contributed by atoms with Crippen LogP contribution >= 0.6 is 68.0 Å². The van der Waals surface area contributed by atoms with Crippen LogP contribution < -0.4 is 0 Å². The standard InChI is InChI=1S/C53H62F6O8S6/c1-31-25-41(68-37(31)9-13-64-21-17-60-5)43-29-35(49(72-43)45-27-33(3)39(70-45)11-15-66-23-19-62-7)47-48(52(56,57)53(58,59)51(47,54)55)36-30-44(42-26-32(2)38(69-42)10-14-65-22-18-61-6)73-50(36)46-28-34(4)40(71-46)12-16-67-24-20-63-8/h25-30H,9-24H2,1-8H3. The Bertz CT molecular complexity index is 2600. The molecule has 0 unspecified atom stereocenters. The van der Waals surface area contributed by atoms with Crippen molar-refractivity contribution in [1.82, 2.24) is 0 Å². The van der Waals surface area contributed by atoms with Crippen LogP contribution in [0.1, 0.15) is 52.9 Å². The van der Waals surface area contributed by atoms with Crippen LogP contribution in [0.3, 0.4) is 0 Å². The lowest BCUT2D eigenvalue weighted by molar-refractivity contribution is -0.254. The minimum Gasteiger partial charge on any atom is -0.382 e. The third-order valence-corrected chi connectivity index (χ3v) is 20.5. The summed E-state index contributed by atoms with van der Waals surface area (Å²) in [6.07, 6.45) is 2.11. The van der Waals surface area contributed by atoms with Crippen LogP contribution in [-0.2, 0) is 63.6 Å². The second kappa shape index (κ2) is 26.0. The molecule has 0 radical (unpaired) electrons. The Hall–Kier alpha value is -2.80. The first-order chi connectivity index (χ1) is 35.0. The molecule has 0 N–H and O–H groups in total. The molecule has 0 atom stereocenters. The molecule has 6 aromatic heterocycles. The van der Waals surface area contributed by atoms with E-state index >= 15 is 26.3 Å². The molecule has 6 aromatic rings. The predicted octanol–water partition coefficient (Wildman–Crippen LogP) is 14.6. The maximum Gasteiger partial charge on any atom is 0.380 e. The number of hydrogen-bond donors (Lipinski definition) is 0. The Morgan fingerprint density at radius 2 is 0.603 bits per heavy atom. The molecule has 0 fully saturated rings. The molecule has 1 aliphatic carbocycles. The summed E-state index contributed by atoms with van der Waals surface area (Å²) in [5.74, 6) is -16.4. The van der Waals surface area contributed by atoms with Gasteiger partial charge in [-0.25, -0.2) is 0 Å². The highest BCUT2D eigenvalue weighted by Crippen LogP contribution is 2.68. The van der Waals surface area contributed by atoms with Crippen LogP contribution in [0.4, 0.5) is 26.3 Å². The second-order valence-corrected chi connectivity index (χ2v) is 24.1. The fraction of sp³-hybridized carbons (Fsp3) is 0.509. The van der Waals surface area contributed by atoms with E-state index in [1.54, 1.807) is 28.4 Å². The molecule has 7 rings (SSSR count). The van der Waals surface area contributed by atoms with Gasteiger partial charge in [-0.05, 0) is 86.3 Å². The van der Waals surface area contributed by atoms with Gasteiger partial charge in [0.2, 0.25) is 0 Å². The van der Waals surface area contributed by atoms with Crippen LogP contribution in [0.2, 0.25) is 0 Å². The van der Waals surface area contributed by atoms with Crippen molar-refractivity contribution in [3.8, 4) is 39.0 Å². The molecule has 400 valence electrons. The molecule has 1 aliphatic rings. The molecule has 6 heterocycles. The summed E-state index contributed by atoms with van der Waals surface area (Å²) in [6, 6.07) is 10.3. The average molecular weight is 1130 g/mol. The Balaban J connectivity index is 1.43. The number of aryl methyl sites for hydroxylation is 4. The first-order valence-corrected chi connectivity index (χ1v) is 28.7. The lowest BCUT2D eigenvalue weighted by Crippen LogP contribution is -2.48. The van der Waals surface area contributed by atoms with Gasteiger partial charge in [-0.15, -0.1) is 68.0 Å². The summed E-state index contributed by atoms with van der Waals surface area (Å²) in [4.78, 5) is 7.56. The molecular formula is C53H62F6O8S6. The summed E-state index contributed by atoms with van der Waals surface area (Å²) in [5, 5.41) is 0. The largest absolute Gasteiger partial charge is 0.382 e. The molecule has 0 saturated heterocycles. The van der Waals surface area contributed by atoms with Crippen LogP contribution in [0.25, 0.3) is 50.2 Å². The van der Waals surface area contributed by atoms with Gasteiger partial charge in [-0.3, -0.25) is 0 Å². The number of thiophene rings is 6. The van der Waals surface area contributed by atoms with Gasteiger partial charge in [0.15, 0.2) is 0 Å². The summed E-state index contributed by atoms with van der Waals surface area (Å²) >= 11 is 7.78. The Labute approximate surface area is 447 Å². The van der Waals surface area contributed by atoms with Crippen molar-refractivity contribution < 1.29 is 64.2 Å². The van der Waals surface area contributed by atoms with Gasteiger partial charge < -0.3 is 37.9 Å². The topological polar surface area (TPSA) is 73.8 Å². The maximum absolute atomic E-state index is 17.3. The predicted molar refractivity (Wildman–Crippen MR) is 288 cm³/mol. The van der Waals surface area contributed by atoms with E-state index in [9.17, 15) is 0 Å². The number of alkyl halides is 6. The van der Waals surface area contributed by atoms with Crippen LogP contribution in [0, 0.1) is 27.7 Å². The van der Waals surface area contributed by atoms with Crippen molar-refractivity contribution in [2.24, 2.45) is 0 Å². The molecule has 8 nitrogen and oxygen atoms in total. The van der Waals surface area contributed by atoms with E-state index in [1.807, 2.05) is 52.0 Å². The monoisotopic (exact) mass is 1130 g/mol. The van der Waals surface area contributed by atoms with Gasteiger partial charge in [-0.1, -0.05) is 0 Å². The third-order valence-electron chi connectivity index (χ3n) is 12.3. The van der Waals surface area contributed by atoms with Crippen molar-refractivity contribution >= 4 is 79.2 Å². The van der Waals surface area contributed by atoms with Crippen LogP contribution in [0.15, 0.2) is 36.4 Å². The Kier molecular flexibility index (Phi) is 20.6. The third kappa shape index (κ3) is 13.0. The zero-order valence-corrected chi connectivity index (χ0v) is 47.2. The van der Waals surface area contributed by atoms with Crippen LogP contribution in [0.5, 0.6) is 0 Å². The van der Waals surface area contributed by atoms with Gasteiger partial charge in [0.05, 0.1) is 89.0 Å². The molecule has 0 aliphatic heterocycles. The summed E-state index contributed by atoms with van der Waals surface area (Å²) in [6.45, 7) is 12.5. The fourth-order valence-electron chi connectivity index (χ4n) is 8.37. The molecular weight excluding hydrogens is 1070 g/mol. The smallest absolute Gasteiger partial charge is 0.380 e. The van der Waals surface area contributed by atoms with Crippen molar-refractivity contribution in [3.05, 3.63) is 89.3 Å². The number of allylic oxidation sites excluding steroid dienone is 2. The lowest BCUT2D eigenvalue weighted by Gasteiger charge is -2.25. The fourth-order valence-corrected chi connectivity index (χ4v) is 15.7. The normalized spacial score (nSPS) is 15.2. The van der Waals surface area contributed by atoms with Crippen molar-refractivity contribution in [2.75, 3.05) is 108 Å². The Morgan fingerprint density at radius 1 is 0.342 bits per heavy atom. The van der Waals surface area contributed by atoms with Gasteiger partial charge in [-0.2, -0.15) is 26.3 Å². The number of halogens is 6. The van der Waals surface area contributed by atoms with Gasteiger partial charge >= 0.3 is 17.8 Å². The molecule has 0 saturated carbocycles. The number of methoxy groups -OCH3 is 4. The molecule has 0 spiro atoms. The number of rotatable bonds is 30. The van der Waals surface area contributed by atoms with E-state index in [0.717, 1.165) is 64.4 Å². The quantitative estimate of drug-likeness (QED) is 0.0326. The van der Waals surface area contributed by atoms with E-state index in [0.29, 0.717) is 134 Å². The average Bonchev–Trinajstić information content (AvgIpc) is 4.23. The zero-order valence-electron chi connectivity index (χ0n) is 42.3. The summed E-state index contributed by atoms with van der Waals surface area (Å²) in [5.41, 5.74) is 0.0934. The lowest BCUT2D eigenvalue weighted by atomic mass is 9.94. The van der Waals surface area contributed by atoms with Crippen molar-refractivity contribution in [1.29, 1.82) is 0 Å². The highest BCUT2D eigenvalue weighted by atomic mass is 32.1. The van der Waals surface area contributed by atoms with Crippen molar-refractivity contribution in [3.63, 3.8) is 0 Å². The van der Waals surface area contributed by atoms with E-state index in [4.69, 9.17) is 37.9 Å². The second-order valence-electron chi connectivity index (χ2n) is 17.5. The number of ether oxygens (including phenoxy) is 8. The molecule has 0 amide bonds. The highest BCUT2D eigenvalue weighted by Gasteiger charge is 2.80. The first-order valence-electron chi connectivity index (χ1n) is 23.8. The van der Waals surface area contributed by atoms with Gasteiger partial charge in [0, 0.05) is 125 Å². The van der Waals surface area contributed by atoms with Crippen molar-refractivity contribution in [2.45, 2.75) is 71.1 Å². The molecule has 0 aromatic carbocycles. The first kappa shape index (κ1) is 57.9. The van der Waals surface area contributed by atoms with E-state index < -0.39 is 28.9 Å². The maximum atomic E-state index is 17.3. The van der Waals surface area contributed by atoms with E-state index in [2.05, 4.69) is 0 Å². The molecule has 0 bridgehead atoms. The molecule has 73 heavy (non-hydrogen) atoms. The van der Waals surface area contributed by atoms with E-state index in [1.165, 1.54) is 57.5 Å². The minimum atomic E-state index is -5.79. The summed E-state index contributed by atoms with van der Waals surface area (Å²) < 4.78 is 146. The Morgan fingerprint density at radius 3 is 0.890 bits per heavy atom. The minimum absolute atomic E-state index is 0.205. The van der Waals surface area contributed by atoms with Gasteiger partial charge in [0.25, 0.3) is 0 Å². The van der Waals surface area contributed by atoms with Crippen LogP contribution in [-0.4, -0.2) is 125 Å². The zero-order chi connectivity index (χ0) is 52.5. The van der Waals surface area contributed by atoms with E-state index in [-0.39, 0.29) is 20.9 Å².